The van der Waals surface area contributed by atoms with Gasteiger partial charge in [-0.05, 0) is 43.9 Å². The predicted molar refractivity (Wildman–Crippen MR) is 76.1 cm³/mol. The van der Waals surface area contributed by atoms with Crippen molar-refractivity contribution in [1.82, 2.24) is 5.32 Å². The van der Waals surface area contributed by atoms with Crippen LogP contribution in [0, 0.1) is 5.92 Å². The fourth-order valence-electron chi connectivity index (χ4n) is 3.18. The van der Waals surface area contributed by atoms with Gasteiger partial charge in [-0.3, -0.25) is 0 Å². The zero-order valence-electron chi connectivity index (χ0n) is 11.8. The topological polar surface area (TPSA) is 21.3 Å². The van der Waals surface area contributed by atoms with E-state index < -0.39 is 0 Å². The van der Waals surface area contributed by atoms with Gasteiger partial charge in [0.15, 0.2) is 0 Å². The summed E-state index contributed by atoms with van der Waals surface area (Å²) in [6.45, 7) is 2.20. The van der Waals surface area contributed by atoms with E-state index in [-0.39, 0.29) is 0 Å². The zero-order valence-corrected chi connectivity index (χ0v) is 11.8. The lowest BCUT2D eigenvalue weighted by molar-refractivity contribution is 0.359. The largest absolute Gasteiger partial charge is 0.496 e. The Balaban J connectivity index is 2.32. The van der Waals surface area contributed by atoms with Gasteiger partial charge in [0.05, 0.1) is 7.11 Å². The first-order chi connectivity index (χ1) is 8.80. The zero-order chi connectivity index (χ0) is 13.0. The highest BCUT2D eigenvalue weighted by Crippen LogP contribution is 2.39. The van der Waals surface area contributed by atoms with E-state index in [1.54, 1.807) is 7.11 Å². The summed E-state index contributed by atoms with van der Waals surface area (Å²) < 4.78 is 5.55. The van der Waals surface area contributed by atoms with Gasteiger partial charge in [0.1, 0.15) is 5.75 Å². The maximum atomic E-state index is 5.55. The molecule has 1 aromatic carbocycles. The summed E-state index contributed by atoms with van der Waals surface area (Å²) in [6.07, 6.45) is 6.51. The van der Waals surface area contributed by atoms with Gasteiger partial charge >= 0.3 is 0 Å². The minimum Gasteiger partial charge on any atom is -0.496 e. The van der Waals surface area contributed by atoms with E-state index in [1.165, 1.54) is 36.8 Å². The van der Waals surface area contributed by atoms with E-state index in [0.717, 1.165) is 18.1 Å². The minimum atomic E-state index is 0.439. The highest BCUT2D eigenvalue weighted by atomic mass is 16.5. The van der Waals surface area contributed by atoms with E-state index in [9.17, 15) is 0 Å². The van der Waals surface area contributed by atoms with Gasteiger partial charge in [-0.25, -0.2) is 0 Å². The molecule has 1 N–H and O–H groups in total. The molecule has 1 aliphatic rings. The summed E-state index contributed by atoms with van der Waals surface area (Å²) >= 11 is 0. The molecule has 18 heavy (non-hydrogen) atoms. The lowest BCUT2D eigenvalue weighted by atomic mass is 9.90. The fourth-order valence-corrected chi connectivity index (χ4v) is 3.18. The summed E-state index contributed by atoms with van der Waals surface area (Å²) in [5.41, 5.74) is 2.73. The lowest BCUT2D eigenvalue weighted by Gasteiger charge is -2.25. The molecule has 1 aromatic rings. The molecule has 2 rings (SSSR count). The minimum absolute atomic E-state index is 0.439. The van der Waals surface area contributed by atoms with Crippen molar-refractivity contribution in [2.45, 2.75) is 45.1 Å². The highest BCUT2D eigenvalue weighted by molar-refractivity contribution is 5.40. The van der Waals surface area contributed by atoms with E-state index >= 15 is 0 Å². The summed E-state index contributed by atoms with van der Waals surface area (Å²) in [6, 6.07) is 7.05. The van der Waals surface area contributed by atoms with E-state index in [0.29, 0.717) is 6.04 Å². The van der Waals surface area contributed by atoms with E-state index in [4.69, 9.17) is 4.74 Å². The van der Waals surface area contributed by atoms with Gasteiger partial charge in [0, 0.05) is 11.6 Å². The predicted octanol–water partition coefficient (Wildman–Crippen LogP) is 3.71. The Labute approximate surface area is 111 Å². The first-order valence-corrected chi connectivity index (χ1v) is 7.14. The molecule has 1 saturated carbocycles. The summed E-state index contributed by atoms with van der Waals surface area (Å²) in [5.74, 6) is 1.79. The molecule has 0 heterocycles. The molecule has 2 heteroatoms. The smallest absolute Gasteiger partial charge is 0.123 e. The molecule has 0 saturated heterocycles. The second-order valence-electron chi connectivity index (χ2n) is 5.24. The molecule has 0 aliphatic heterocycles. The maximum Gasteiger partial charge on any atom is 0.123 e. The Morgan fingerprint density at radius 3 is 2.61 bits per heavy atom. The number of hydrogen-bond donors (Lipinski definition) is 1. The lowest BCUT2D eigenvalue weighted by Crippen LogP contribution is -2.24. The quantitative estimate of drug-likeness (QED) is 0.856. The van der Waals surface area contributed by atoms with Crippen LogP contribution in [0.15, 0.2) is 18.2 Å². The number of methoxy groups -OCH3 is 1. The van der Waals surface area contributed by atoms with E-state index in [2.05, 4.69) is 37.5 Å². The number of nitrogens with one attached hydrogen (secondary N) is 1. The van der Waals surface area contributed by atoms with Crippen LogP contribution in [-0.4, -0.2) is 14.2 Å². The van der Waals surface area contributed by atoms with Crippen molar-refractivity contribution >= 4 is 0 Å². The molecule has 1 unspecified atom stereocenters. The molecule has 0 radical (unpaired) electrons. The molecule has 0 aromatic heterocycles. The van der Waals surface area contributed by atoms with Crippen LogP contribution in [0.4, 0.5) is 0 Å². The van der Waals surface area contributed by atoms with E-state index in [1.807, 2.05) is 0 Å². The van der Waals surface area contributed by atoms with Gasteiger partial charge in [-0.2, -0.15) is 0 Å². The normalized spacial score (nSPS) is 17.9. The Morgan fingerprint density at radius 1 is 1.33 bits per heavy atom. The fraction of sp³-hybridized carbons (Fsp3) is 0.625. The number of ether oxygens (including phenoxy) is 1. The van der Waals surface area contributed by atoms with Crippen LogP contribution in [0.25, 0.3) is 0 Å². The Kier molecular flexibility index (Phi) is 4.65. The first kappa shape index (κ1) is 13.4. The molecule has 2 nitrogen and oxygen atoms in total. The Bertz CT molecular complexity index is 383. The molecule has 0 amide bonds. The molecule has 1 fully saturated rings. The van der Waals surface area contributed by atoms with Crippen LogP contribution >= 0.6 is 0 Å². The molecule has 0 bridgehead atoms. The molecule has 1 atom stereocenters. The van der Waals surface area contributed by atoms with Gasteiger partial charge in [-0.1, -0.05) is 31.9 Å². The highest BCUT2D eigenvalue weighted by Gasteiger charge is 2.27. The number of hydrogen-bond acceptors (Lipinski definition) is 2. The molecule has 0 spiro atoms. The summed E-state index contributed by atoms with van der Waals surface area (Å²) in [4.78, 5) is 0. The number of rotatable bonds is 5. The third-order valence-electron chi connectivity index (χ3n) is 4.22. The van der Waals surface area contributed by atoms with Gasteiger partial charge in [0.25, 0.3) is 0 Å². The number of aryl methyl sites for hydroxylation is 1. The van der Waals surface area contributed by atoms with Crippen LogP contribution in [0.2, 0.25) is 0 Å². The van der Waals surface area contributed by atoms with Crippen molar-refractivity contribution in [1.29, 1.82) is 0 Å². The summed E-state index contributed by atoms with van der Waals surface area (Å²) in [7, 11) is 3.84. The number of benzene rings is 1. The van der Waals surface area contributed by atoms with Gasteiger partial charge in [-0.15, -0.1) is 0 Å². The maximum absolute atomic E-state index is 5.55. The average molecular weight is 247 g/mol. The van der Waals surface area contributed by atoms with Crippen molar-refractivity contribution < 1.29 is 4.74 Å². The summed E-state index contributed by atoms with van der Waals surface area (Å²) in [5, 5.41) is 3.51. The monoisotopic (exact) mass is 247 g/mol. The Morgan fingerprint density at radius 2 is 2.06 bits per heavy atom. The molecular weight excluding hydrogens is 222 g/mol. The van der Waals surface area contributed by atoms with Gasteiger partial charge < -0.3 is 10.1 Å². The van der Waals surface area contributed by atoms with Crippen molar-refractivity contribution in [3.8, 4) is 5.75 Å². The third kappa shape index (κ3) is 2.69. The van der Waals surface area contributed by atoms with Crippen molar-refractivity contribution in [2.75, 3.05) is 14.2 Å². The average Bonchev–Trinajstić information content (AvgIpc) is 2.93. The van der Waals surface area contributed by atoms with Crippen LogP contribution in [-0.2, 0) is 6.42 Å². The van der Waals surface area contributed by atoms with Gasteiger partial charge in [0.2, 0.25) is 0 Å². The van der Waals surface area contributed by atoms with Crippen molar-refractivity contribution in [3.63, 3.8) is 0 Å². The van der Waals surface area contributed by atoms with Crippen LogP contribution < -0.4 is 10.1 Å². The Hall–Kier alpha value is -1.02. The molecule has 1 aliphatic carbocycles. The van der Waals surface area contributed by atoms with Crippen molar-refractivity contribution in [2.24, 2.45) is 5.92 Å². The van der Waals surface area contributed by atoms with Crippen molar-refractivity contribution in [3.05, 3.63) is 29.3 Å². The molecule has 100 valence electrons. The standard InChI is InChI=1S/C16H25NO/c1-4-12-9-10-15(18-3)14(11-12)16(17-2)13-7-5-6-8-13/h9-11,13,16-17H,4-8H2,1-3H3. The SMILES string of the molecule is CCc1ccc(OC)c(C(NC)C2CCCC2)c1. The first-order valence-electron chi connectivity index (χ1n) is 7.14. The second-order valence-corrected chi connectivity index (χ2v) is 5.24. The van der Waals surface area contributed by atoms with Crippen LogP contribution in [0.5, 0.6) is 5.75 Å². The third-order valence-corrected chi connectivity index (χ3v) is 4.22. The second kappa shape index (κ2) is 6.24. The van der Waals surface area contributed by atoms with Crippen LogP contribution in [0.1, 0.15) is 49.8 Å². The molecular formula is C16H25NO. The van der Waals surface area contributed by atoms with Crippen LogP contribution in [0.3, 0.4) is 0 Å².